The molecule has 0 N–H and O–H groups in total. The van der Waals surface area contributed by atoms with Gasteiger partial charge in [0, 0.05) is 18.7 Å². The van der Waals surface area contributed by atoms with E-state index in [0.717, 1.165) is 36.3 Å². The average molecular weight is 420 g/mol. The van der Waals surface area contributed by atoms with Crippen LogP contribution in [0.4, 0.5) is 0 Å². The lowest BCUT2D eigenvalue weighted by molar-refractivity contribution is -0.131. The van der Waals surface area contributed by atoms with Crippen LogP contribution in [0.1, 0.15) is 55.5 Å². The van der Waals surface area contributed by atoms with Crippen molar-refractivity contribution < 1.29 is 14.1 Å². The van der Waals surface area contributed by atoms with Crippen LogP contribution in [0.2, 0.25) is 0 Å². The van der Waals surface area contributed by atoms with E-state index in [4.69, 9.17) is 9.26 Å². The Bertz CT molecular complexity index is 1030. The fourth-order valence-electron chi connectivity index (χ4n) is 4.01. The number of ether oxygens (including phenoxy) is 1. The standard InChI is InChI=1S/C25H29N3O3/c1-17(2)19-9-11-20(12-10-19)24-26-25(31-27-24)21-7-5-13-28(16-21)23(29)15-18-6-4-8-22(14-18)30-3/h4,6,8-12,14,17,21H,5,7,13,15-16H2,1-3H3. The van der Waals surface area contributed by atoms with Gasteiger partial charge in [0.1, 0.15) is 5.75 Å². The molecule has 2 aromatic carbocycles. The highest BCUT2D eigenvalue weighted by atomic mass is 16.5. The molecule has 4 rings (SSSR count). The Hall–Kier alpha value is -3.15. The molecule has 31 heavy (non-hydrogen) atoms. The summed E-state index contributed by atoms with van der Waals surface area (Å²) in [4.78, 5) is 19.4. The predicted octanol–water partition coefficient (Wildman–Crippen LogP) is 4.82. The molecule has 3 aromatic rings. The van der Waals surface area contributed by atoms with Gasteiger partial charge in [0.05, 0.1) is 19.4 Å². The molecule has 0 spiro atoms. The van der Waals surface area contributed by atoms with Gasteiger partial charge < -0.3 is 14.2 Å². The van der Waals surface area contributed by atoms with Crippen molar-refractivity contribution in [2.24, 2.45) is 0 Å². The van der Waals surface area contributed by atoms with Crippen molar-refractivity contribution in [3.63, 3.8) is 0 Å². The highest BCUT2D eigenvalue weighted by Crippen LogP contribution is 2.28. The van der Waals surface area contributed by atoms with E-state index in [1.54, 1.807) is 7.11 Å². The molecule has 1 aliphatic rings. The summed E-state index contributed by atoms with van der Waals surface area (Å²) in [5.74, 6) is 2.65. The van der Waals surface area contributed by atoms with E-state index in [9.17, 15) is 4.79 Å². The van der Waals surface area contributed by atoms with E-state index in [-0.39, 0.29) is 11.8 Å². The number of likely N-dealkylation sites (tertiary alicyclic amines) is 1. The number of carbonyl (C=O) groups is 1. The third-order valence-electron chi connectivity index (χ3n) is 5.89. The second kappa shape index (κ2) is 9.33. The van der Waals surface area contributed by atoms with Crippen LogP contribution in [-0.2, 0) is 11.2 Å². The van der Waals surface area contributed by atoms with Crippen molar-refractivity contribution in [3.05, 3.63) is 65.5 Å². The molecule has 1 saturated heterocycles. The zero-order valence-corrected chi connectivity index (χ0v) is 18.4. The van der Waals surface area contributed by atoms with E-state index in [0.29, 0.717) is 30.6 Å². The number of hydrogen-bond donors (Lipinski definition) is 0. The Balaban J connectivity index is 1.42. The fourth-order valence-corrected chi connectivity index (χ4v) is 4.01. The molecule has 2 heterocycles. The molecule has 0 bridgehead atoms. The normalized spacial score (nSPS) is 16.5. The summed E-state index contributed by atoms with van der Waals surface area (Å²) in [6, 6.07) is 15.9. The molecule has 0 saturated carbocycles. The van der Waals surface area contributed by atoms with Gasteiger partial charge in [-0.15, -0.1) is 0 Å². The van der Waals surface area contributed by atoms with Crippen molar-refractivity contribution in [2.45, 2.75) is 44.9 Å². The van der Waals surface area contributed by atoms with Gasteiger partial charge in [-0.05, 0) is 42.0 Å². The molecule has 1 aliphatic heterocycles. The maximum Gasteiger partial charge on any atom is 0.231 e. The second-order valence-electron chi connectivity index (χ2n) is 8.44. The van der Waals surface area contributed by atoms with E-state index in [1.807, 2.05) is 41.3 Å². The van der Waals surface area contributed by atoms with Crippen LogP contribution >= 0.6 is 0 Å². The number of carbonyl (C=O) groups excluding carboxylic acids is 1. The maximum absolute atomic E-state index is 12.9. The van der Waals surface area contributed by atoms with E-state index in [1.165, 1.54) is 5.56 Å². The number of methoxy groups -OCH3 is 1. The van der Waals surface area contributed by atoms with E-state index < -0.39 is 0 Å². The predicted molar refractivity (Wildman–Crippen MR) is 119 cm³/mol. The number of aromatic nitrogens is 2. The lowest BCUT2D eigenvalue weighted by Crippen LogP contribution is -2.40. The smallest absolute Gasteiger partial charge is 0.231 e. The third kappa shape index (κ3) is 4.95. The molecule has 1 aromatic heterocycles. The molecular formula is C25H29N3O3. The number of piperidine rings is 1. The summed E-state index contributed by atoms with van der Waals surface area (Å²) in [7, 11) is 1.63. The molecule has 6 heteroatoms. The van der Waals surface area contributed by atoms with Crippen molar-refractivity contribution in [3.8, 4) is 17.1 Å². The zero-order valence-electron chi connectivity index (χ0n) is 18.4. The quantitative estimate of drug-likeness (QED) is 0.573. The minimum absolute atomic E-state index is 0.0687. The van der Waals surface area contributed by atoms with Gasteiger partial charge >= 0.3 is 0 Å². The van der Waals surface area contributed by atoms with Crippen LogP contribution in [0.3, 0.4) is 0 Å². The Morgan fingerprint density at radius 3 is 2.77 bits per heavy atom. The number of rotatable bonds is 6. The largest absolute Gasteiger partial charge is 0.497 e. The molecule has 1 amide bonds. The molecule has 6 nitrogen and oxygen atoms in total. The van der Waals surface area contributed by atoms with Crippen LogP contribution in [-0.4, -0.2) is 41.1 Å². The van der Waals surface area contributed by atoms with E-state index in [2.05, 4.69) is 36.1 Å². The Morgan fingerprint density at radius 1 is 1.23 bits per heavy atom. The fraction of sp³-hybridized carbons (Fsp3) is 0.400. The van der Waals surface area contributed by atoms with Gasteiger partial charge in [0.25, 0.3) is 0 Å². The molecule has 0 aliphatic carbocycles. The van der Waals surface area contributed by atoms with Gasteiger partial charge in [0.2, 0.25) is 17.6 Å². The molecule has 1 atom stereocenters. The van der Waals surface area contributed by atoms with Gasteiger partial charge in [-0.25, -0.2) is 0 Å². The van der Waals surface area contributed by atoms with E-state index >= 15 is 0 Å². The summed E-state index contributed by atoms with van der Waals surface area (Å²) in [6.45, 7) is 5.71. The highest BCUT2D eigenvalue weighted by molar-refractivity contribution is 5.79. The topological polar surface area (TPSA) is 68.5 Å². The summed E-state index contributed by atoms with van der Waals surface area (Å²) >= 11 is 0. The van der Waals surface area contributed by atoms with Crippen LogP contribution < -0.4 is 4.74 Å². The summed E-state index contributed by atoms with van der Waals surface area (Å²) in [5, 5.41) is 4.19. The maximum atomic E-state index is 12.9. The monoisotopic (exact) mass is 419 g/mol. The average Bonchev–Trinajstić information content (AvgIpc) is 3.30. The number of hydrogen-bond acceptors (Lipinski definition) is 5. The first-order chi connectivity index (χ1) is 15.0. The molecule has 1 fully saturated rings. The first-order valence-corrected chi connectivity index (χ1v) is 10.9. The second-order valence-corrected chi connectivity index (χ2v) is 8.44. The van der Waals surface area contributed by atoms with Gasteiger partial charge in [-0.2, -0.15) is 4.98 Å². The molecule has 0 radical (unpaired) electrons. The van der Waals surface area contributed by atoms with Gasteiger partial charge in [-0.3, -0.25) is 4.79 Å². The van der Waals surface area contributed by atoms with Gasteiger partial charge in [-0.1, -0.05) is 55.4 Å². The van der Waals surface area contributed by atoms with Crippen molar-refractivity contribution >= 4 is 5.91 Å². The first-order valence-electron chi connectivity index (χ1n) is 10.9. The SMILES string of the molecule is COc1cccc(CC(=O)N2CCCC(c3nc(-c4ccc(C(C)C)cc4)no3)C2)c1. The molecular weight excluding hydrogens is 390 g/mol. The lowest BCUT2D eigenvalue weighted by atomic mass is 9.97. The van der Waals surface area contributed by atoms with Crippen molar-refractivity contribution in [1.29, 1.82) is 0 Å². The Labute approximate surface area is 183 Å². The lowest BCUT2D eigenvalue weighted by Gasteiger charge is -2.31. The van der Waals surface area contributed by atoms with Crippen LogP contribution in [0.5, 0.6) is 5.75 Å². The first kappa shape index (κ1) is 21.1. The van der Waals surface area contributed by atoms with Crippen molar-refractivity contribution in [2.75, 3.05) is 20.2 Å². The van der Waals surface area contributed by atoms with Gasteiger partial charge in [0.15, 0.2) is 0 Å². The minimum atomic E-state index is 0.0687. The summed E-state index contributed by atoms with van der Waals surface area (Å²) in [6.07, 6.45) is 2.23. The van der Waals surface area contributed by atoms with Crippen LogP contribution in [0.25, 0.3) is 11.4 Å². The third-order valence-corrected chi connectivity index (χ3v) is 5.89. The number of nitrogens with zero attached hydrogens (tertiary/aromatic N) is 3. The zero-order chi connectivity index (χ0) is 21.8. The summed E-state index contributed by atoms with van der Waals surface area (Å²) in [5.41, 5.74) is 3.18. The highest BCUT2D eigenvalue weighted by Gasteiger charge is 2.28. The van der Waals surface area contributed by atoms with Crippen LogP contribution in [0.15, 0.2) is 53.1 Å². The minimum Gasteiger partial charge on any atom is -0.497 e. The number of amides is 1. The Morgan fingerprint density at radius 2 is 2.03 bits per heavy atom. The molecule has 1 unspecified atom stereocenters. The van der Waals surface area contributed by atoms with Crippen molar-refractivity contribution in [1.82, 2.24) is 15.0 Å². The molecule has 162 valence electrons. The Kier molecular flexibility index (Phi) is 6.35. The summed E-state index contributed by atoms with van der Waals surface area (Å²) < 4.78 is 10.9. The number of benzene rings is 2. The van der Waals surface area contributed by atoms with Crippen LogP contribution in [0, 0.1) is 0 Å².